The average molecular weight is 240 g/mol. The summed E-state index contributed by atoms with van der Waals surface area (Å²) in [6, 6.07) is 12.6. The largest absolute Gasteiger partial charge is 0.468 e. The minimum atomic E-state index is 0.217. The van der Waals surface area contributed by atoms with E-state index in [1.54, 1.807) is 6.26 Å². The van der Waals surface area contributed by atoms with E-state index < -0.39 is 0 Å². The van der Waals surface area contributed by atoms with E-state index in [-0.39, 0.29) is 6.04 Å². The first kappa shape index (κ1) is 11.1. The van der Waals surface area contributed by atoms with Gasteiger partial charge in [0.2, 0.25) is 0 Å². The number of furan rings is 1. The van der Waals surface area contributed by atoms with E-state index in [0.717, 1.165) is 12.3 Å². The third-order valence-electron chi connectivity index (χ3n) is 3.25. The third kappa shape index (κ3) is 2.05. The van der Waals surface area contributed by atoms with E-state index in [2.05, 4.69) is 41.5 Å². The summed E-state index contributed by atoms with van der Waals surface area (Å²) in [6.45, 7) is 2.94. The van der Waals surface area contributed by atoms with Crippen LogP contribution in [0.1, 0.15) is 24.3 Å². The highest BCUT2D eigenvalue weighted by atomic mass is 16.3. The Bertz CT molecular complexity index is 625. The highest BCUT2D eigenvalue weighted by Crippen LogP contribution is 2.19. The first-order chi connectivity index (χ1) is 8.84. The molecule has 2 N–H and O–H groups in total. The monoisotopic (exact) mass is 240 g/mol. The normalized spacial score (nSPS) is 12.9. The third-order valence-corrected chi connectivity index (χ3v) is 3.25. The topological polar surface area (TPSA) is 41.0 Å². The fraction of sp³-hybridized carbons (Fsp3) is 0.200. The van der Waals surface area contributed by atoms with Gasteiger partial charge >= 0.3 is 0 Å². The first-order valence-electron chi connectivity index (χ1n) is 6.16. The smallest absolute Gasteiger partial charge is 0.120 e. The second-order valence-corrected chi connectivity index (χ2v) is 4.47. The fourth-order valence-corrected chi connectivity index (χ4v) is 2.21. The quantitative estimate of drug-likeness (QED) is 0.731. The molecule has 1 atom stereocenters. The molecule has 0 radical (unpaired) electrons. The number of aromatic amines is 1. The first-order valence-corrected chi connectivity index (χ1v) is 6.16. The van der Waals surface area contributed by atoms with Crippen molar-refractivity contribution in [3.63, 3.8) is 0 Å². The van der Waals surface area contributed by atoms with Crippen molar-refractivity contribution in [1.82, 2.24) is 10.3 Å². The van der Waals surface area contributed by atoms with E-state index in [4.69, 9.17) is 4.42 Å². The molecule has 0 amide bonds. The van der Waals surface area contributed by atoms with Crippen molar-refractivity contribution in [1.29, 1.82) is 0 Å². The Morgan fingerprint density at radius 1 is 1.22 bits per heavy atom. The molecule has 18 heavy (non-hydrogen) atoms. The molecule has 92 valence electrons. The Morgan fingerprint density at radius 2 is 2.17 bits per heavy atom. The van der Waals surface area contributed by atoms with Gasteiger partial charge in [-0.3, -0.25) is 0 Å². The van der Waals surface area contributed by atoms with Crippen LogP contribution in [0.5, 0.6) is 0 Å². The summed E-state index contributed by atoms with van der Waals surface area (Å²) in [6.07, 6.45) is 3.69. The lowest BCUT2D eigenvalue weighted by Gasteiger charge is -2.11. The maximum atomic E-state index is 5.39. The number of nitrogens with one attached hydrogen (secondary N) is 2. The SMILES string of the molecule is C[C@@H](NCc1cccc2[nH]ccc12)c1ccco1. The van der Waals surface area contributed by atoms with Crippen LogP contribution >= 0.6 is 0 Å². The molecule has 0 bridgehead atoms. The number of H-pyrrole nitrogens is 1. The predicted octanol–water partition coefficient (Wildman–Crippen LogP) is 3.61. The Labute approximate surface area is 106 Å². The lowest BCUT2D eigenvalue weighted by Crippen LogP contribution is -2.17. The Hall–Kier alpha value is -2.00. The van der Waals surface area contributed by atoms with Gasteiger partial charge < -0.3 is 14.7 Å². The molecule has 0 fully saturated rings. The number of benzene rings is 1. The molecule has 1 aromatic carbocycles. The molecule has 0 saturated heterocycles. The van der Waals surface area contributed by atoms with Gasteiger partial charge in [0.05, 0.1) is 12.3 Å². The predicted molar refractivity (Wildman–Crippen MR) is 72.3 cm³/mol. The molecular weight excluding hydrogens is 224 g/mol. The summed E-state index contributed by atoms with van der Waals surface area (Å²) >= 11 is 0. The van der Waals surface area contributed by atoms with Crippen LogP contribution in [0.2, 0.25) is 0 Å². The van der Waals surface area contributed by atoms with Crippen LogP contribution in [0, 0.1) is 0 Å². The lowest BCUT2D eigenvalue weighted by molar-refractivity contribution is 0.430. The number of hydrogen-bond acceptors (Lipinski definition) is 2. The number of fused-ring (bicyclic) bond motifs is 1. The van der Waals surface area contributed by atoms with Crippen LogP contribution in [0.4, 0.5) is 0 Å². The van der Waals surface area contributed by atoms with Gasteiger partial charge in [0.25, 0.3) is 0 Å². The highest BCUT2D eigenvalue weighted by Gasteiger charge is 2.08. The van der Waals surface area contributed by atoms with Crippen molar-refractivity contribution >= 4 is 10.9 Å². The highest BCUT2D eigenvalue weighted by molar-refractivity contribution is 5.82. The van der Waals surface area contributed by atoms with Crippen LogP contribution in [0.15, 0.2) is 53.3 Å². The van der Waals surface area contributed by atoms with Crippen LogP contribution in [0.3, 0.4) is 0 Å². The van der Waals surface area contributed by atoms with Gasteiger partial charge in [-0.1, -0.05) is 12.1 Å². The number of aromatic nitrogens is 1. The zero-order valence-corrected chi connectivity index (χ0v) is 10.3. The van der Waals surface area contributed by atoms with E-state index >= 15 is 0 Å². The minimum Gasteiger partial charge on any atom is -0.468 e. The van der Waals surface area contributed by atoms with Crippen molar-refractivity contribution < 1.29 is 4.42 Å². The van der Waals surface area contributed by atoms with Gasteiger partial charge in [-0.25, -0.2) is 0 Å². The Morgan fingerprint density at radius 3 is 3.00 bits per heavy atom. The second kappa shape index (κ2) is 4.70. The summed E-state index contributed by atoms with van der Waals surface area (Å²) in [5.74, 6) is 0.969. The van der Waals surface area contributed by atoms with Crippen LogP contribution in [0.25, 0.3) is 10.9 Å². The molecular formula is C15H16N2O. The Kier molecular flexibility index (Phi) is 2.90. The molecule has 3 heteroatoms. The standard InChI is InChI=1S/C15H16N2O/c1-11(15-6-3-9-18-15)17-10-12-4-2-5-14-13(12)7-8-16-14/h2-9,11,16-17H,10H2,1H3/t11-/m1/s1. The minimum absolute atomic E-state index is 0.217. The summed E-state index contributed by atoms with van der Waals surface area (Å²) in [4.78, 5) is 3.23. The van der Waals surface area contributed by atoms with Crippen molar-refractivity contribution in [2.75, 3.05) is 0 Å². The van der Waals surface area contributed by atoms with E-state index in [0.29, 0.717) is 0 Å². The van der Waals surface area contributed by atoms with Crippen LogP contribution in [-0.4, -0.2) is 4.98 Å². The molecule has 3 rings (SSSR count). The molecule has 3 nitrogen and oxygen atoms in total. The molecule has 2 aromatic heterocycles. The summed E-state index contributed by atoms with van der Waals surface area (Å²) < 4.78 is 5.39. The molecule has 0 spiro atoms. The zero-order valence-electron chi connectivity index (χ0n) is 10.3. The molecule has 3 aromatic rings. The van der Waals surface area contributed by atoms with Gasteiger partial charge in [-0.2, -0.15) is 0 Å². The summed E-state index contributed by atoms with van der Waals surface area (Å²) in [5, 5.41) is 4.75. The second-order valence-electron chi connectivity index (χ2n) is 4.47. The van der Waals surface area contributed by atoms with Crippen LogP contribution in [-0.2, 0) is 6.54 Å². The van der Waals surface area contributed by atoms with Gasteiger partial charge in [0.1, 0.15) is 5.76 Å². The number of hydrogen-bond donors (Lipinski definition) is 2. The molecule has 0 aliphatic carbocycles. The van der Waals surface area contributed by atoms with Gasteiger partial charge in [0, 0.05) is 23.6 Å². The summed E-state index contributed by atoms with van der Waals surface area (Å²) in [7, 11) is 0. The molecule has 0 saturated carbocycles. The summed E-state index contributed by atoms with van der Waals surface area (Å²) in [5.41, 5.74) is 2.48. The van der Waals surface area contributed by atoms with Gasteiger partial charge in [-0.15, -0.1) is 0 Å². The van der Waals surface area contributed by atoms with E-state index in [1.165, 1.54) is 16.5 Å². The zero-order chi connectivity index (χ0) is 12.4. The van der Waals surface area contributed by atoms with Gasteiger partial charge in [-0.05, 0) is 36.8 Å². The fourth-order valence-electron chi connectivity index (χ4n) is 2.21. The maximum absolute atomic E-state index is 5.39. The van der Waals surface area contributed by atoms with E-state index in [9.17, 15) is 0 Å². The average Bonchev–Trinajstić information content (AvgIpc) is 3.05. The van der Waals surface area contributed by atoms with Gasteiger partial charge in [0.15, 0.2) is 0 Å². The van der Waals surface area contributed by atoms with E-state index in [1.807, 2.05) is 18.3 Å². The molecule has 0 aliphatic rings. The van der Waals surface area contributed by atoms with Crippen molar-refractivity contribution in [3.8, 4) is 0 Å². The van der Waals surface area contributed by atoms with Crippen LogP contribution < -0.4 is 5.32 Å². The van der Waals surface area contributed by atoms with Crippen molar-refractivity contribution in [3.05, 3.63) is 60.2 Å². The van der Waals surface area contributed by atoms with Crippen molar-refractivity contribution in [2.24, 2.45) is 0 Å². The molecule has 2 heterocycles. The molecule has 0 unspecified atom stereocenters. The van der Waals surface area contributed by atoms with Crippen molar-refractivity contribution in [2.45, 2.75) is 19.5 Å². The Balaban J connectivity index is 1.75. The maximum Gasteiger partial charge on any atom is 0.120 e. The lowest BCUT2D eigenvalue weighted by atomic mass is 10.1. The number of rotatable bonds is 4. The molecule has 0 aliphatic heterocycles.